The molecule has 2 aromatic carbocycles. The summed E-state index contributed by atoms with van der Waals surface area (Å²) in [6.07, 6.45) is 0.435. The summed E-state index contributed by atoms with van der Waals surface area (Å²) in [5, 5.41) is 0. The first-order valence-corrected chi connectivity index (χ1v) is 11.1. The van der Waals surface area contributed by atoms with Crippen LogP contribution in [-0.4, -0.2) is 51.9 Å². The molecule has 0 N–H and O–H groups in total. The van der Waals surface area contributed by atoms with Crippen molar-refractivity contribution in [2.45, 2.75) is 19.1 Å². The van der Waals surface area contributed by atoms with Crippen molar-refractivity contribution in [1.29, 1.82) is 0 Å². The second-order valence-corrected chi connectivity index (χ2v) is 9.54. The molecule has 1 amide bonds. The number of nitrogens with zero attached hydrogens (tertiary/aromatic N) is 3. The van der Waals surface area contributed by atoms with E-state index in [1.54, 1.807) is 16.3 Å². The van der Waals surface area contributed by atoms with Crippen LogP contribution in [0.1, 0.15) is 16.7 Å². The molecule has 6 nitrogen and oxygen atoms in total. The lowest BCUT2D eigenvalue weighted by molar-refractivity contribution is -0.117. The van der Waals surface area contributed by atoms with Crippen LogP contribution in [0, 0.1) is 6.92 Å². The Balaban J connectivity index is 1.41. The Kier molecular flexibility index (Phi) is 4.89. The molecule has 148 valence electrons. The summed E-state index contributed by atoms with van der Waals surface area (Å²) in [6, 6.07) is 13.7. The molecule has 0 atom stereocenters. The molecule has 1 saturated heterocycles. The van der Waals surface area contributed by atoms with Gasteiger partial charge in [0.05, 0.1) is 12.2 Å². The third kappa shape index (κ3) is 3.64. The molecule has 0 bridgehead atoms. The van der Waals surface area contributed by atoms with E-state index in [0.29, 0.717) is 32.6 Å². The zero-order valence-electron chi connectivity index (χ0n) is 16.3. The maximum absolute atomic E-state index is 12.8. The van der Waals surface area contributed by atoms with Crippen LogP contribution in [0.5, 0.6) is 0 Å². The summed E-state index contributed by atoms with van der Waals surface area (Å²) in [5.74, 6) is 0.153. The summed E-state index contributed by atoms with van der Waals surface area (Å²) < 4.78 is 27.1. The minimum absolute atomic E-state index is 0.0422. The average molecular weight is 400 g/mol. The second-order valence-electron chi connectivity index (χ2n) is 7.57. The summed E-state index contributed by atoms with van der Waals surface area (Å²) in [4.78, 5) is 15.8. The van der Waals surface area contributed by atoms with Crippen molar-refractivity contribution in [2.24, 2.45) is 0 Å². The number of carbonyl (C=O) groups excluding carboxylic acids is 1. The molecule has 28 heavy (non-hydrogen) atoms. The summed E-state index contributed by atoms with van der Waals surface area (Å²) in [5.41, 5.74) is 5.00. The van der Waals surface area contributed by atoms with Crippen molar-refractivity contribution >= 4 is 27.3 Å². The molecule has 2 aliphatic heterocycles. The number of aryl methyl sites for hydroxylation is 1. The largest absolute Gasteiger partial charge is 0.369 e. The predicted molar refractivity (Wildman–Crippen MR) is 111 cm³/mol. The number of likely N-dealkylation sites (N-methyl/N-ethyl adjacent to an activating group) is 1. The van der Waals surface area contributed by atoms with Gasteiger partial charge in [-0.05, 0) is 36.2 Å². The van der Waals surface area contributed by atoms with Crippen molar-refractivity contribution in [3.05, 3.63) is 59.2 Å². The van der Waals surface area contributed by atoms with Gasteiger partial charge in [0.1, 0.15) is 0 Å². The number of hydrogen-bond acceptors (Lipinski definition) is 4. The Hall–Kier alpha value is -2.38. The van der Waals surface area contributed by atoms with Gasteiger partial charge in [-0.1, -0.05) is 29.8 Å². The third-order valence-electron chi connectivity index (χ3n) is 5.61. The van der Waals surface area contributed by atoms with Gasteiger partial charge < -0.3 is 9.80 Å². The lowest BCUT2D eigenvalue weighted by Gasteiger charge is -2.35. The molecule has 0 unspecified atom stereocenters. The molecule has 0 spiro atoms. The Morgan fingerprint density at radius 3 is 2.32 bits per heavy atom. The zero-order valence-corrected chi connectivity index (χ0v) is 17.1. The van der Waals surface area contributed by atoms with E-state index in [2.05, 4.69) is 11.0 Å². The summed E-state index contributed by atoms with van der Waals surface area (Å²) in [7, 11) is -1.53. The van der Waals surface area contributed by atoms with Crippen LogP contribution in [0.2, 0.25) is 0 Å². The van der Waals surface area contributed by atoms with Crippen molar-refractivity contribution in [3.8, 4) is 0 Å². The van der Waals surface area contributed by atoms with Gasteiger partial charge in [-0.2, -0.15) is 4.31 Å². The molecule has 1 fully saturated rings. The smallest absolute Gasteiger partial charge is 0.231 e. The summed E-state index contributed by atoms with van der Waals surface area (Å²) >= 11 is 0. The standard InChI is InChI=1S/C21H25N3O3S/c1-16-3-5-17(6-4-16)15-28(26,27)24-11-9-23(10-12-24)19-7-8-20-18(13-19)14-21(25)22(20)2/h3-8,13H,9-12,14-15H2,1-2H3. The van der Waals surface area contributed by atoms with Crippen molar-refractivity contribution in [3.63, 3.8) is 0 Å². The van der Waals surface area contributed by atoms with Gasteiger partial charge in [-0.15, -0.1) is 0 Å². The van der Waals surface area contributed by atoms with Crippen molar-refractivity contribution in [1.82, 2.24) is 4.31 Å². The van der Waals surface area contributed by atoms with E-state index in [1.807, 2.05) is 43.3 Å². The first-order valence-electron chi connectivity index (χ1n) is 9.51. The zero-order chi connectivity index (χ0) is 19.9. The SMILES string of the molecule is Cc1ccc(CS(=O)(=O)N2CCN(c3ccc4c(c3)CC(=O)N4C)CC2)cc1. The van der Waals surface area contributed by atoms with Crippen LogP contribution in [-0.2, 0) is 27.0 Å². The number of carbonyl (C=O) groups is 1. The first kappa shape index (κ1) is 19.0. The molecular weight excluding hydrogens is 374 g/mol. The van der Waals surface area contributed by atoms with Crippen LogP contribution < -0.4 is 9.80 Å². The van der Waals surface area contributed by atoms with Crippen molar-refractivity contribution in [2.75, 3.05) is 43.0 Å². The number of benzene rings is 2. The fraction of sp³-hybridized carbons (Fsp3) is 0.381. The minimum atomic E-state index is -3.32. The molecule has 2 aliphatic rings. The molecule has 0 saturated carbocycles. The minimum Gasteiger partial charge on any atom is -0.369 e. The highest BCUT2D eigenvalue weighted by atomic mass is 32.2. The number of amides is 1. The predicted octanol–water partition coefficient (Wildman–Crippen LogP) is 2.17. The molecule has 2 heterocycles. The Morgan fingerprint density at radius 2 is 1.64 bits per heavy atom. The Bertz CT molecular complexity index is 994. The molecule has 0 aliphatic carbocycles. The summed E-state index contributed by atoms with van der Waals surface area (Å²) in [6.45, 7) is 4.24. The third-order valence-corrected chi connectivity index (χ3v) is 7.46. The van der Waals surface area contributed by atoms with Crippen LogP contribution in [0.3, 0.4) is 0 Å². The molecular formula is C21H25N3O3S. The lowest BCUT2D eigenvalue weighted by Crippen LogP contribution is -2.49. The van der Waals surface area contributed by atoms with Crippen molar-refractivity contribution < 1.29 is 13.2 Å². The Morgan fingerprint density at radius 1 is 0.964 bits per heavy atom. The monoisotopic (exact) mass is 399 g/mol. The van der Waals surface area contributed by atoms with E-state index in [0.717, 1.165) is 28.1 Å². The Labute approximate surface area is 166 Å². The highest BCUT2D eigenvalue weighted by molar-refractivity contribution is 7.88. The quantitative estimate of drug-likeness (QED) is 0.791. The number of sulfonamides is 1. The van der Waals surface area contributed by atoms with E-state index >= 15 is 0 Å². The average Bonchev–Trinajstić information content (AvgIpc) is 2.97. The van der Waals surface area contributed by atoms with Gasteiger partial charge in [-0.25, -0.2) is 8.42 Å². The fourth-order valence-corrected chi connectivity index (χ4v) is 5.38. The van der Waals surface area contributed by atoms with Gasteiger partial charge in [0.25, 0.3) is 0 Å². The van der Waals surface area contributed by atoms with E-state index in [4.69, 9.17) is 0 Å². The number of rotatable bonds is 4. The van der Waals surface area contributed by atoms with Crippen LogP contribution >= 0.6 is 0 Å². The topological polar surface area (TPSA) is 60.9 Å². The number of piperazine rings is 1. The number of anilines is 2. The van der Waals surface area contributed by atoms with E-state index < -0.39 is 10.0 Å². The van der Waals surface area contributed by atoms with Gasteiger partial charge in [-0.3, -0.25) is 4.79 Å². The van der Waals surface area contributed by atoms with E-state index in [1.165, 1.54) is 0 Å². The molecule has 7 heteroatoms. The molecule has 0 aromatic heterocycles. The van der Waals surface area contributed by atoms with E-state index in [-0.39, 0.29) is 11.7 Å². The second kappa shape index (κ2) is 7.22. The highest BCUT2D eigenvalue weighted by Gasteiger charge is 2.29. The van der Waals surface area contributed by atoms with Gasteiger partial charge in [0.2, 0.25) is 15.9 Å². The van der Waals surface area contributed by atoms with Gasteiger partial charge in [0, 0.05) is 44.6 Å². The fourth-order valence-electron chi connectivity index (χ4n) is 3.86. The lowest BCUT2D eigenvalue weighted by atomic mass is 10.1. The van der Waals surface area contributed by atoms with Gasteiger partial charge >= 0.3 is 0 Å². The van der Waals surface area contributed by atoms with E-state index in [9.17, 15) is 13.2 Å². The van der Waals surface area contributed by atoms with Crippen LogP contribution in [0.15, 0.2) is 42.5 Å². The molecule has 4 rings (SSSR count). The maximum Gasteiger partial charge on any atom is 0.231 e. The van der Waals surface area contributed by atoms with Crippen LogP contribution in [0.4, 0.5) is 11.4 Å². The van der Waals surface area contributed by atoms with Gasteiger partial charge in [0.15, 0.2) is 0 Å². The molecule has 0 radical (unpaired) electrons. The van der Waals surface area contributed by atoms with Crippen LogP contribution in [0.25, 0.3) is 0 Å². The number of hydrogen-bond donors (Lipinski definition) is 0. The first-order chi connectivity index (χ1) is 13.3. The maximum atomic E-state index is 12.8. The highest BCUT2D eigenvalue weighted by Crippen LogP contribution is 2.31. The molecule has 2 aromatic rings. The normalized spacial score (nSPS) is 17.9. The number of fused-ring (bicyclic) bond motifs is 1.